The molecule has 2 aliphatic heterocycles. The molecule has 0 aliphatic carbocycles. The Morgan fingerprint density at radius 1 is 1.09 bits per heavy atom. The van der Waals surface area contributed by atoms with Gasteiger partial charge in [0.15, 0.2) is 11.9 Å². The van der Waals surface area contributed by atoms with Gasteiger partial charge < -0.3 is 14.4 Å². The molecule has 0 saturated carbocycles. The highest BCUT2D eigenvalue weighted by Gasteiger charge is 2.44. The van der Waals surface area contributed by atoms with E-state index in [9.17, 15) is 9.59 Å². The van der Waals surface area contributed by atoms with Crippen LogP contribution in [0.3, 0.4) is 0 Å². The largest absolute Gasteiger partial charge is 0.486 e. The first-order valence-electron chi connectivity index (χ1n) is 11.6. The highest BCUT2D eigenvalue weighted by Crippen LogP contribution is 2.41. The minimum Gasteiger partial charge on any atom is -0.486 e. The molecule has 2 aromatic rings. The second kappa shape index (κ2) is 8.61. The van der Waals surface area contributed by atoms with Gasteiger partial charge in [-0.2, -0.15) is 0 Å². The molecule has 2 aromatic carbocycles. The Kier molecular flexibility index (Phi) is 6.02. The van der Waals surface area contributed by atoms with Crippen molar-refractivity contribution in [2.75, 3.05) is 13.1 Å². The Balaban J connectivity index is 1.42. The van der Waals surface area contributed by atoms with Crippen molar-refractivity contribution in [3.05, 3.63) is 58.7 Å². The van der Waals surface area contributed by atoms with Gasteiger partial charge in [-0.15, -0.1) is 0 Å². The van der Waals surface area contributed by atoms with Crippen LogP contribution in [0.2, 0.25) is 0 Å². The van der Waals surface area contributed by atoms with E-state index in [1.165, 1.54) is 0 Å². The first kappa shape index (κ1) is 22.4. The summed E-state index contributed by atoms with van der Waals surface area (Å²) in [7, 11) is 0. The van der Waals surface area contributed by atoms with Crippen LogP contribution in [0.25, 0.3) is 0 Å². The Morgan fingerprint density at radius 2 is 1.78 bits per heavy atom. The molecule has 2 aliphatic rings. The maximum atomic E-state index is 13.1. The molecule has 0 aromatic heterocycles. The topological polar surface area (TPSA) is 55.8 Å². The summed E-state index contributed by atoms with van der Waals surface area (Å²) >= 11 is 0. The molecular weight excluding hydrogens is 402 g/mol. The second-order valence-corrected chi connectivity index (χ2v) is 9.62. The molecule has 170 valence electrons. The van der Waals surface area contributed by atoms with Gasteiger partial charge in [-0.25, -0.2) is 0 Å². The number of hydrogen-bond acceptors (Lipinski definition) is 4. The standard InChI is InChI=1S/C27H33NO4/c1-17(2)21-8-6-7-9-23(21)31-20(5)26(30)28-12-10-27(11-13-28)16-22(29)25-19(4)14-18(3)15-24(25)32-27/h6-9,14-15,17,20H,10-13,16H2,1-5H3. The number of benzene rings is 2. The van der Waals surface area contributed by atoms with Crippen LogP contribution in [-0.4, -0.2) is 41.4 Å². The predicted octanol–water partition coefficient (Wildman–Crippen LogP) is 5.22. The van der Waals surface area contributed by atoms with Crippen molar-refractivity contribution in [2.24, 2.45) is 0 Å². The number of fused-ring (bicyclic) bond motifs is 1. The Labute approximate surface area is 190 Å². The summed E-state index contributed by atoms with van der Waals surface area (Å²) in [5.41, 5.74) is 3.36. The zero-order valence-electron chi connectivity index (χ0n) is 19.7. The van der Waals surface area contributed by atoms with Crippen molar-refractivity contribution in [3.8, 4) is 11.5 Å². The predicted molar refractivity (Wildman–Crippen MR) is 125 cm³/mol. The molecule has 5 nitrogen and oxygen atoms in total. The maximum Gasteiger partial charge on any atom is 0.263 e. The Hall–Kier alpha value is -2.82. The van der Waals surface area contributed by atoms with Crippen LogP contribution in [0.5, 0.6) is 11.5 Å². The van der Waals surface area contributed by atoms with Gasteiger partial charge in [-0.05, 0) is 55.5 Å². The van der Waals surface area contributed by atoms with Crippen molar-refractivity contribution in [3.63, 3.8) is 0 Å². The van der Waals surface area contributed by atoms with E-state index in [0.29, 0.717) is 49.6 Å². The van der Waals surface area contributed by atoms with E-state index >= 15 is 0 Å². The number of Topliss-reactive ketones (excluding diaryl/α,β-unsaturated/α-hetero) is 1. The number of rotatable bonds is 4. The summed E-state index contributed by atoms with van der Waals surface area (Å²) in [4.78, 5) is 27.9. The lowest BCUT2D eigenvalue weighted by Crippen LogP contribution is -2.54. The highest BCUT2D eigenvalue weighted by atomic mass is 16.5. The molecule has 32 heavy (non-hydrogen) atoms. The number of carbonyl (C=O) groups excluding carboxylic acids is 2. The third kappa shape index (κ3) is 4.25. The lowest BCUT2D eigenvalue weighted by Gasteiger charge is -2.44. The molecule has 0 bridgehead atoms. The number of piperidine rings is 1. The number of carbonyl (C=O) groups is 2. The van der Waals surface area contributed by atoms with E-state index in [1.807, 2.05) is 62.1 Å². The first-order valence-corrected chi connectivity index (χ1v) is 11.6. The molecule has 0 radical (unpaired) electrons. The van der Waals surface area contributed by atoms with Gasteiger partial charge in [0.25, 0.3) is 5.91 Å². The number of ether oxygens (including phenoxy) is 2. The van der Waals surface area contributed by atoms with Crippen LogP contribution >= 0.6 is 0 Å². The molecule has 4 rings (SSSR count). The van der Waals surface area contributed by atoms with E-state index in [4.69, 9.17) is 9.47 Å². The van der Waals surface area contributed by atoms with E-state index in [1.54, 1.807) is 0 Å². The number of amides is 1. The van der Waals surface area contributed by atoms with E-state index in [0.717, 1.165) is 22.4 Å². The van der Waals surface area contributed by atoms with Crippen LogP contribution in [-0.2, 0) is 4.79 Å². The van der Waals surface area contributed by atoms with Crippen LogP contribution < -0.4 is 9.47 Å². The normalized spacial score (nSPS) is 18.3. The minimum atomic E-state index is -0.566. The van der Waals surface area contributed by atoms with E-state index < -0.39 is 11.7 Å². The van der Waals surface area contributed by atoms with Crippen molar-refractivity contribution in [1.29, 1.82) is 0 Å². The number of nitrogens with zero attached hydrogens (tertiary/aromatic N) is 1. The summed E-state index contributed by atoms with van der Waals surface area (Å²) in [6.07, 6.45) is 1.10. The fourth-order valence-electron chi connectivity index (χ4n) is 4.99. The van der Waals surface area contributed by atoms with Crippen LogP contribution in [0.4, 0.5) is 0 Å². The molecule has 1 amide bonds. The molecule has 1 unspecified atom stereocenters. The van der Waals surface area contributed by atoms with Crippen LogP contribution in [0, 0.1) is 13.8 Å². The first-order chi connectivity index (χ1) is 15.2. The van der Waals surface area contributed by atoms with Gasteiger partial charge in [0.05, 0.1) is 12.0 Å². The fourth-order valence-corrected chi connectivity index (χ4v) is 4.99. The lowest BCUT2D eigenvalue weighted by atomic mass is 9.81. The molecule has 1 fully saturated rings. The van der Waals surface area contributed by atoms with Gasteiger partial charge >= 0.3 is 0 Å². The summed E-state index contributed by atoms with van der Waals surface area (Å²) in [5.74, 6) is 1.90. The zero-order valence-corrected chi connectivity index (χ0v) is 19.7. The molecule has 2 heterocycles. The number of aryl methyl sites for hydroxylation is 2. The SMILES string of the molecule is Cc1cc(C)c2c(c1)OC1(CCN(C(=O)C(C)Oc3ccccc3C(C)C)CC1)CC2=O. The number of para-hydroxylation sites is 1. The zero-order chi connectivity index (χ0) is 23.0. The van der Waals surface area contributed by atoms with Crippen molar-refractivity contribution in [1.82, 2.24) is 4.90 Å². The third-order valence-electron chi connectivity index (χ3n) is 6.71. The summed E-state index contributed by atoms with van der Waals surface area (Å²) < 4.78 is 12.5. The van der Waals surface area contributed by atoms with Gasteiger partial charge in [-0.1, -0.05) is 38.1 Å². The van der Waals surface area contributed by atoms with Crippen LogP contribution in [0.1, 0.15) is 73.0 Å². The molecule has 0 N–H and O–H groups in total. The quantitative estimate of drug-likeness (QED) is 0.661. The smallest absolute Gasteiger partial charge is 0.263 e. The van der Waals surface area contributed by atoms with Crippen molar-refractivity contribution >= 4 is 11.7 Å². The summed E-state index contributed by atoms with van der Waals surface area (Å²) in [6.45, 7) is 11.1. The van der Waals surface area contributed by atoms with E-state index in [2.05, 4.69) is 13.8 Å². The maximum absolute atomic E-state index is 13.1. The molecule has 5 heteroatoms. The highest BCUT2D eigenvalue weighted by molar-refractivity contribution is 6.01. The molecule has 1 spiro atoms. The van der Waals surface area contributed by atoms with Crippen LogP contribution in [0.15, 0.2) is 36.4 Å². The number of hydrogen-bond donors (Lipinski definition) is 0. The Morgan fingerprint density at radius 3 is 2.47 bits per heavy atom. The molecular formula is C27H33NO4. The average molecular weight is 436 g/mol. The van der Waals surface area contributed by atoms with Crippen molar-refractivity contribution in [2.45, 2.75) is 71.5 Å². The Bertz CT molecular complexity index is 1030. The van der Waals surface area contributed by atoms with Crippen molar-refractivity contribution < 1.29 is 19.1 Å². The monoisotopic (exact) mass is 435 g/mol. The van der Waals surface area contributed by atoms with Gasteiger partial charge in [-0.3, -0.25) is 9.59 Å². The number of likely N-dealkylation sites (tertiary alicyclic amines) is 1. The number of ketones is 1. The minimum absolute atomic E-state index is 0.0207. The third-order valence-corrected chi connectivity index (χ3v) is 6.71. The van der Waals surface area contributed by atoms with Gasteiger partial charge in [0.1, 0.15) is 17.1 Å². The van der Waals surface area contributed by atoms with Gasteiger partial charge in [0.2, 0.25) is 0 Å². The fraction of sp³-hybridized carbons (Fsp3) is 0.481. The molecule has 1 atom stereocenters. The van der Waals surface area contributed by atoms with Gasteiger partial charge in [0, 0.05) is 25.9 Å². The summed E-state index contributed by atoms with van der Waals surface area (Å²) in [5, 5.41) is 0. The lowest BCUT2D eigenvalue weighted by molar-refractivity contribution is -0.141. The average Bonchev–Trinajstić information content (AvgIpc) is 2.73. The second-order valence-electron chi connectivity index (χ2n) is 9.62. The summed E-state index contributed by atoms with van der Waals surface area (Å²) in [6, 6.07) is 11.9. The molecule has 1 saturated heterocycles. The van der Waals surface area contributed by atoms with E-state index in [-0.39, 0.29) is 11.7 Å².